The van der Waals surface area contributed by atoms with Gasteiger partial charge in [0.2, 0.25) is 12.3 Å². The summed E-state index contributed by atoms with van der Waals surface area (Å²) in [6.07, 6.45) is 15.4. The summed E-state index contributed by atoms with van der Waals surface area (Å²) in [6, 6.07) is 14.5. The van der Waals surface area contributed by atoms with E-state index in [1.807, 2.05) is 18.2 Å². The Morgan fingerprint density at radius 3 is 2.19 bits per heavy atom. The topological polar surface area (TPSA) is 173 Å². The quantitative estimate of drug-likeness (QED) is 0.107. The van der Waals surface area contributed by atoms with E-state index in [0.29, 0.717) is 29.8 Å². The van der Waals surface area contributed by atoms with Gasteiger partial charge in [0.25, 0.3) is 5.91 Å². The number of methoxy groups -OCH3 is 1. The molecule has 2 aliphatic heterocycles. The summed E-state index contributed by atoms with van der Waals surface area (Å²) in [5.41, 5.74) is 3.80. The molecule has 2 saturated heterocycles. The van der Waals surface area contributed by atoms with Crippen LogP contribution in [0, 0.1) is 42.4 Å². The largest absolute Gasteiger partial charge is 0.508 e. The third kappa shape index (κ3) is 15.0. The summed E-state index contributed by atoms with van der Waals surface area (Å²) in [4.78, 5) is 49.6. The minimum atomic E-state index is -0.393. The summed E-state index contributed by atoms with van der Waals surface area (Å²) >= 11 is 5.55. The van der Waals surface area contributed by atoms with E-state index in [9.17, 15) is 14.4 Å². The maximum Gasteiger partial charge on any atom is 0.271 e. The number of nitrogens with one attached hydrogen (secondary N) is 3. The van der Waals surface area contributed by atoms with Crippen molar-refractivity contribution in [3.63, 3.8) is 0 Å². The molecule has 67 heavy (non-hydrogen) atoms. The first-order valence-corrected chi connectivity index (χ1v) is 23.5. The number of nitriles is 1. The summed E-state index contributed by atoms with van der Waals surface area (Å²) < 4.78 is 4.99. The Morgan fingerprint density at radius 1 is 1.07 bits per heavy atom. The molecule has 0 spiro atoms. The summed E-state index contributed by atoms with van der Waals surface area (Å²) in [7, 11) is 1.78. The van der Waals surface area contributed by atoms with Crippen LogP contribution < -0.4 is 20.9 Å². The number of carbonyl (C=O) groups is 3. The molecule has 3 heterocycles. The summed E-state index contributed by atoms with van der Waals surface area (Å²) in [6.45, 7) is 22.1. The van der Waals surface area contributed by atoms with Crippen LogP contribution in [0.2, 0.25) is 5.02 Å². The van der Waals surface area contributed by atoms with Gasteiger partial charge in [-0.05, 0) is 124 Å². The van der Waals surface area contributed by atoms with E-state index in [1.165, 1.54) is 43.0 Å². The number of benzene rings is 2. The molecule has 3 saturated carbocycles. The Balaban J connectivity index is 0.000000266. The van der Waals surface area contributed by atoms with Gasteiger partial charge in [0.15, 0.2) is 0 Å². The van der Waals surface area contributed by atoms with Gasteiger partial charge in [-0.1, -0.05) is 84.0 Å². The fourth-order valence-corrected chi connectivity index (χ4v) is 10.1. The Hall–Kier alpha value is -4.50. The number of phenolic OH excluding ortho intramolecular Hbond substituents is 1. The molecule has 3 amide bonds. The number of halogens is 1. The van der Waals surface area contributed by atoms with E-state index in [-0.39, 0.29) is 69.8 Å². The molecular formula is C52H74ClCrN8O5-. The molecule has 5 aliphatic rings. The number of ether oxygens (including phenoxy) is 1. The number of phenols is 1. The number of aromatic nitrogens is 2. The summed E-state index contributed by atoms with van der Waals surface area (Å²) in [5, 5.41) is 27.0. The molecule has 1 atom stereocenters. The molecule has 1 unspecified atom stereocenters. The van der Waals surface area contributed by atoms with Crippen molar-refractivity contribution in [2.45, 2.75) is 142 Å². The zero-order valence-electron chi connectivity index (χ0n) is 41.2. The van der Waals surface area contributed by atoms with Crippen molar-refractivity contribution in [3.8, 4) is 11.8 Å². The normalized spacial score (nSPS) is 20.0. The van der Waals surface area contributed by atoms with Gasteiger partial charge in [-0.3, -0.25) is 14.4 Å². The van der Waals surface area contributed by atoms with Gasteiger partial charge in [0, 0.05) is 55.3 Å². The number of nitrogens with zero attached hydrogens (tertiary/aromatic N) is 5. The van der Waals surface area contributed by atoms with Crippen LogP contribution >= 0.6 is 11.6 Å². The number of hydrogen-bond acceptors (Lipinski definition) is 10. The molecular weight excluding hydrogens is 904 g/mol. The minimum Gasteiger partial charge on any atom is -0.508 e. The van der Waals surface area contributed by atoms with Gasteiger partial charge in [-0.2, -0.15) is 5.26 Å². The van der Waals surface area contributed by atoms with Crippen LogP contribution in [0.15, 0.2) is 67.1 Å². The average molecular weight is 979 g/mol. The Kier molecular flexibility index (Phi) is 21.4. The zero-order valence-corrected chi connectivity index (χ0v) is 43.2. The number of anilines is 1. The van der Waals surface area contributed by atoms with Crippen LogP contribution in [0.1, 0.15) is 133 Å². The predicted octanol–water partition coefficient (Wildman–Crippen LogP) is 9.03. The number of carbonyl (C=O) groups excluding carboxylic acids is 3. The van der Waals surface area contributed by atoms with E-state index in [4.69, 9.17) is 26.7 Å². The first kappa shape index (κ1) is 56.8. The zero-order chi connectivity index (χ0) is 47.5. The van der Waals surface area contributed by atoms with Crippen LogP contribution in [0.3, 0.4) is 0 Å². The number of piperidine rings is 2. The molecule has 5 fully saturated rings. The Labute approximate surface area is 416 Å². The number of hydrogen-bond donors (Lipinski definition) is 4. The van der Waals surface area contributed by atoms with Crippen LogP contribution in [0.25, 0.3) is 0 Å². The molecule has 8 rings (SSSR count). The third-order valence-corrected chi connectivity index (χ3v) is 13.8. The fraction of sp³-hybridized carbons (Fsp3) is 0.558. The fourth-order valence-electron chi connectivity index (χ4n) is 9.85. The second-order valence-electron chi connectivity index (χ2n) is 19.9. The van der Waals surface area contributed by atoms with E-state index in [1.54, 1.807) is 24.4 Å². The first-order valence-electron chi connectivity index (χ1n) is 23.1. The standard InChI is InChI=1S/C22H37N5O.C17H20N2O2.C7H4ClNO.C5H10O.CH3.Cr/c1-15(2)23-11-16-7-9-27(10-8-16)18-13-24-17(12-25-18)19(28)26-20-21(3,4)14-22(20,5)6;1-12-5-3-4-6-14(12)17(9-10-17)19(11-20)15-8-7-13(2)18-16(15)21;8-7-3-6(10)2-1-5(7)4-9;1-6-5-3-2-4-5;;/h12-13,15-16,20,23H,7-11,14H2,1-6H3,(H,26,28);3-6,11,15H,2,7-10H2,1H3,(H,18,21);1-3,10H;5H,2-4H2,1H3;1H3;/q;;;;-1;. The van der Waals surface area contributed by atoms with Gasteiger partial charge in [0.1, 0.15) is 29.4 Å². The average Bonchev–Trinajstić information content (AvgIpc) is 4.05. The minimum absolute atomic E-state index is 0. The van der Waals surface area contributed by atoms with Crippen molar-refractivity contribution < 1.29 is 41.6 Å². The maximum absolute atomic E-state index is 12.6. The predicted molar refractivity (Wildman–Crippen MR) is 263 cm³/mol. The van der Waals surface area contributed by atoms with E-state index in [2.05, 4.69) is 98.0 Å². The van der Waals surface area contributed by atoms with E-state index >= 15 is 0 Å². The molecule has 15 heteroatoms. The van der Waals surface area contributed by atoms with E-state index in [0.717, 1.165) is 87.6 Å². The van der Waals surface area contributed by atoms with Crippen molar-refractivity contribution in [2.75, 3.05) is 31.6 Å². The summed E-state index contributed by atoms with van der Waals surface area (Å²) in [5.74, 6) is 1.44. The van der Waals surface area contributed by atoms with Crippen LogP contribution in [0.5, 0.6) is 5.75 Å². The Bertz CT molecular complexity index is 2130. The van der Waals surface area contributed by atoms with Crippen molar-refractivity contribution in [2.24, 2.45) is 16.7 Å². The SMILES string of the molecule is C=C1CCC(N(C=O)C2(c3ccccc3C)CC2)C(=O)N1.CC(C)NCC1CCN(c2cnc(C(=O)NC3C(C)(C)CC3(C)C)cn2)CC1.COC1CCC1.N#Cc1ccc(O)cc1Cl.[CH3-].[Cr]. The van der Waals surface area contributed by atoms with Crippen molar-refractivity contribution in [1.29, 1.82) is 5.26 Å². The molecule has 1 aromatic heterocycles. The molecule has 0 radical (unpaired) electrons. The van der Waals surface area contributed by atoms with E-state index < -0.39 is 6.04 Å². The van der Waals surface area contributed by atoms with Gasteiger partial charge in [-0.25, -0.2) is 9.97 Å². The van der Waals surface area contributed by atoms with Crippen molar-refractivity contribution >= 4 is 35.6 Å². The van der Waals surface area contributed by atoms with Crippen molar-refractivity contribution in [3.05, 3.63) is 102 Å². The smallest absolute Gasteiger partial charge is 0.271 e. The van der Waals surface area contributed by atoms with Crippen LogP contribution in [-0.4, -0.2) is 89.2 Å². The van der Waals surface area contributed by atoms with Gasteiger partial charge in [0.05, 0.1) is 34.6 Å². The number of allylic oxidation sites excluding steroid dienone is 1. The van der Waals surface area contributed by atoms with Gasteiger partial charge in [-0.15, -0.1) is 0 Å². The molecule has 3 aromatic rings. The Morgan fingerprint density at radius 2 is 1.73 bits per heavy atom. The number of amides is 3. The second kappa shape index (κ2) is 25.2. The van der Waals surface area contributed by atoms with Gasteiger partial charge >= 0.3 is 0 Å². The molecule has 13 nitrogen and oxygen atoms in total. The molecule has 4 N–H and O–H groups in total. The molecule has 366 valence electrons. The number of aryl methyl sites for hydroxylation is 1. The number of rotatable bonds is 11. The van der Waals surface area contributed by atoms with Crippen molar-refractivity contribution in [1.82, 2.24) is 30.8 Å². The number of aromatic hydroxyl groups is 1. The molecule has 3 aliphatic carbocycles. The van der Waals surface area contributed by atoms with Gasteiger partial charge < -0.3 is 43.0 Å². The molecule has 2 aromatic carbocycles. The maximum atomic E-state index is 12.6. The van der Waals surface area contributed by atoms with Crippen LogP contribution in [-0.2, 0) is 37.2 Å². The second-order valence-corrected chi connectivity index (χ2v) is 20.3. The molecule has 0 bridgehead atoms. The van der Waals surface area contributed by atoms with Crippen LogP contribution in [0.4, 0.5) is 5.82 Å². The third-order valence-electron chi connectivity index (χ3n) is 13.5. The first-order chi connectivity index (χ1) is 30.8. The monoisotopic (exact) mass is 977 g/mol.